The van der Waals surface area contributed by atoms with E-state index in [-0.39, 0.29) is 11.9 Å². The minimum absolute atomic E-state index is 0.0461. The number of hydrogen-bond donors (Lipinski definition) is 3. The number of hydrogen-bond acceptors (Lipinski definition) is 5. The van der Waals surface area contributed by atoms with Crippen LogP contribution in [0.1, 0.15) is 33.3 Å². The number of benzene rings is 1. The molecule has 8 nitrogen and oxygen atoms in total. The summed E-state index contributed by atoms with van der Waals surface area (Å²) in [6.45, 7) is 2.76. The molecule has 0 unspecified atom stereocenters. The third kappa shape index (κ3) is 5.80. The first-order valence-electron chi connectivity index (χ1n) is 10.1. The Morgan fingerprint density at radius 1 is 1.15 bits per heavy atom. The number of H-pyrrole nitrogens is 1. The van der Waals surface area contributed by atoms with Crippen LogP contribution >= 0.6 is 0 Å². The highest BCUT2D eigenvalue weighted by atomic mass is 19.4. The number of alkyl halides is 3. The van der Waals surface area contributed by atoms with Gasteiger partial charge in [-0.15, -0.1) is 0 Å². The Morgan fingerprint density at radius 3 is 2.53 bits per heavy atom. The second-order valence-corrected chi connectivity index (χ2v) is 7.12. The minimum Gasteiger partial charge on any atom is -0.475 e. The van der Waals surface area contributed by atoms with Crippen molar-refractivity contribution < 1.29 is 37.4 Å². The summed E-state index contributed by atoms with van der Waals surface area (Å²) in [4.78, 5) is 40.6. The van der Waals surface area contributed by atoms with E-state index in [1.807, 2.05) is 30.3 Å². The number of nitrogens with zero attached hydrogens (tertiary/aromatic N) is 1. The van der Waals surface area contributed by atoms with Gasteiger partial charge in [0, 0.05) is 41.7 Å². The second-order valence-electron chi connectivity index (χ2n) is 7.12. The Bertz CT molecular complexity index is 1220. The molecule has 0 atom stereocenters. The third-order valence-electron chi connectivity index (χ3n) is 4.79. The van der Waals surface area contributed by atoms with Crippen molar-refractivity contribution in [1.29, 1.82) is 0 Å². The molecule has 0 saturated heterocycles. The molecule has 3 N–H and O–H groups in total. The van der Waals surface area contributed by atoms with Crippen LogP contribution in [0.15, 0.2) is 48.7 Å². The molecular weight excluding hydrogens is 455 g/mol. The second kappa shape index (κ2) is 10.2. The lowest BCUT2D eigenvalue weighted by atomic mass is 10.0. The molecular formula is C23H20F3N3O5. The fraction of sp³-hybridized carbons (Fsp3) is 0.217. The highest BCUT2D eigenvalue weighted by molar-refractivity contribution is 5.98. The molecule has 1 aliphatic heterocycles. The van der Waals surface area contributed by atoms with Crippen molar-refractivity contribution in [2.45, 2.75) is 19.5 Å². The van der Waals surface area contributed by atoms with E-state index in [1.54, 1.807) is 25.3 Å². The zero-order chi connectivity index (χ0) is 24.9. The number of carboxylic acids is 1. The van der Waals surface area contributed by atoms with Gasteiger partial charge in [-0.05, 0) is 37.3 Å². The molecule has 0 bridgehead atoms. The first-order valence-corrected chi connectivity index (χ1v) is 10.1. The fourth-order valence-electron chi connectivity index (χ4n) is 3.22. The van der Waals surface area contributed by atoms with Gasteiger partial charge in [0.15, 0.2) is 0 Å². The van der Waals surface area contributed by atoms with Crippen LogP contribution in [0.25, 0.3) is 22.5 Å². The lowest BCUT2D eigenvalue weighted by Crippen LogP contribution is -2.31. The number of nitrogens with one attached hydrogen (secondary N) is 2. The van der Waals surface area contributed by atoms with Gasteiger partial charge in [0.25, 0.3) is 5.91 Å². The molecule has 11 heteroatoms. The van der Waals surface area contributed by atoms with Crippen LogP contribution < -0.4 is 5.32 Å². The van der Waals surface area contributed by atoms with Gasteiger partial charge in [0.2, 0.25) is 0 Å². The molecule has 0 radical (unpaired) electrons. The lowest BCUT2D eigenvalue weighted by Gasteiger charge is -2.11. The van der Waals surface area contributed by atoms with Crippen molar-refractivity contribution in [3.8, 4) is 22.5 Å². The number of aromatic nitrogens is 2. The number of fused-ring (bicyclic) bond motifs is 1. The first kappa shape index (κ1) is 24.5. The van der Waals surface area contributed by atoms with Gasteiger partial charge in [0.1, 0.15) is 0 Å². The maximum Gasteiger partial charge on any atom is 0.490 e. The number of ether oxygens (including phenoxy) is 1. The molecule has 3 heterocycles. The summed E-state index contributed by atoms with van der Waals surface area (Å²) < 4.78 is 36.8. The van der Waals surface area contributed by atoms with Gasteiger partial charge < -0.3 is 20.1 Å². The van der Waals surface area contributed by atoms with Gasteiger partial charge >= 0.3 is 18.1 Å². The number of aliphatic carboxylic acids is 1. The van der Waals surface area contributed by atoms with Crippen molar-refractivity contribution in [3.63, 3.8) is 0 Å². The van der Waals surface area contributed by atoms with Crippen LogP contribution in [-0.4, -0.2) is 52.2 Å². The minimum atomic E-state index is -5.08. The normalized spacial score (nSPS) is 12.6. The Morgan fingerprint density at radius 2 is 1.88 bits per heavy atom. The van der Waals surface area contributed by atoms with Crippen molar-refractivity contribution in [2.24, 2.45) is 0 Å². The van der Waals surface area contributed by atoms with Gasteiger partial charge in [-0.3, -0.25) is 9.78 Å². The van der Waals surface area contributed by atoms with E-state index < -0.39 is 12.1 Å². The number of amides is 1. The van der Waals surface area contributed by atoms with Crippen LogP contribution in [0, 0.1) is 0 Å². The van der Waals surface area contributed by atoms with E-state index in [2.05, 4.69) is 15.3 Å². The molecule has 0 saturated carbocycles. The third-order valence-corrected chi connectivity index (χ3v) is 4.79. The van der Waals surface area contributed by atoms with Crippen molar-refractivity contribution >= 4 is 17.8 Å². The summed E-state index contributed by atoms with van der Waals surface area (Å²) >= 11 is 0. The molecule has 1 amide bonds. The molecule has 178 valence electrons. The molecule has 34 heavy (non-hydrogen) atoms. The Hall–Kier alpha value is -4.15. The van der Waals surface area contributed by atoms with E-state index in [0.717, 1.165) is 34.6 Å². The van der Waals surface area contributed by atoms with Crippen LogP contribution in [0.5, 0.6) is 0 Å². The monoisotopic (exact) mass is 475 g/mol. The summed E-state index contributed by atoms with van der Waals surface area (Å²) in [6, 6.07) is 12.9. The smallest absolute Gasteiger partial charge is 0.475 e. The highest BCUT2D eigenvalue weighted by Crippen LogP contribution is 2.27. The summed E-state index contributed by atoms with van der Waals surface area (Å²) in [7, 11) is 0. The molecule has 0 aliphatic carbocycles. The number of carbonyl (C=O) groups is 3. The average molecular weight is 475 g/mol. The number of carbonyl (C=O) groups excluding carboxylic acids is 2. The molecule has 4 rings (SSSR count). The van der Waals surface area contributed by atoms with Crippen LogP contribution in [0.4, 0.5) is 13.2 Å². The predicted molar refractivity (Wildman–Crippen MR) is 115 cm³/mol. The number of aromatic amines is 1. The molecule has 1 aromatic carbocycles. The van der Waals surface area contributed by atoms with Gasteiger partial charge in [-0.1, -0.05) is 12.1 Å². The van der Waals surface area contributed by atoms with E-state index in [4.69, 9.17) is 14.6 Å². The topological polar surface area (TPSA) is 121 Å². The van der Waals surface area contributed by atoms with Crippen LogP contribution in [0.2, 0.25) is 0 Å². The SMILES string of the molecule is CCOC(=O)c1cccc(-c2cc(-c3cc4c([nH]3)CCNC4=O)ccn2)c1.O=C(O)C(F)(F)F. The summed E-state index contributed by atoms with van der Waals surface area (Å²) in [5.74, 6) is -3.15. The van der Waals surface area contributed by atoms with Crippen molar-refractivity contribution in [3.05, 3.63) is 65.5 Å². The number of esters is 1. The average Bonchev–Trinajstić information content (AvgIpc) is 3.25. The molecule has 3 aromatic rings. The van der Waals surface area contributed by atoms with E-state index in [9.17, 15) is 22.8 Å². The first-order chi connectivity index (χ1) is 16.1. The highest BCUT2D eigenvalue weighted by Gasteiger charge is 2.38. The van der Waals surface area contributed by atoms with Gasteiger partial charge in [-0.2, -0.15) is 13.2 Å². The van der Waals surface area contributed by atoms with Gasteiger partial charge in [-0.25, -0.2) is 9.59 Å². The number of halogens is 3. The zero-order valence-corrected chi connectivity index (χ0v) is 17.9. The fourth-order valence-corrected chi connectivity index (χ4v) is 3.22. The summed E-state index contributed by atoms with van der Waals surface area (Å²) in [5.41, 5.74) is 5.53. The quantitative estimate of drug-likeness (QED) is 0.493. The van der Waals surface area contributed by atoms with E-state index in [0.29, 0.717) is 24.3 Å². The maximum absolute atomic E-state index is 12.0. The molecule has 0 spiro atoms. The maximum atomic E-state index is 12.0. The summed E-state index contributed by atoms with van der Waals surface area (Å²) in [5, 5.41) is 9.98. The standard InChI is InChI=1S/C21H19N3O3.C2HF3O2/c1-2-27-21(26)15-5-3-4-13(10-15)18-11-14(6-8-22-18)19-12-16-17(24-19)7-9-23-20(16)25;3-2(4,5)1(6)7/h3-6,8,10-12,24H,2,7,9H2,1H3,(H,23,25);(H,6,7). The summed E-state index contributed by atoms with van der Waals surface area (Å²) in [6.07, 6.45) is -2.57. The number of rotatable bonds is 4. The van der Waals surface area contributed by atoms with Crippen LogP contribution in [0.3, 0.4) is 0 Å². The number of pyridine rings is 1. The molecule has 1 aliphatic rings. The lowest BCUT2D eigenvalue weighted by molar-refractivity contribution is -0.192. The van der Waals surface area contributed by atoms with Crippen molar-refractivity contribution in [1.82, 2.24) is 15.3 Å². The molecule has 0 fully saturated rings. The largest absolute Gasteiger partial charge is 0.490 e. The van der Waals surface area contributed by atoms with E-state index >= 15 is 0 Å². The Balaban J connectivity index is 0.000000406. The Labute approximate surface area is 191 Å². The van der Waals surface area contributed by atoms with Crippen LogP contribution in [-0.2, 0) is 16.0 Å². The number of carboxylic acid groups (broad SMARTS) is 1. The molecule has 2 aromatic heterocycles. The Kier molecular flexibility index (Phi) is 7.34. The van der Waals surface area contributed by atoms with Gasteiger partial charge in [0.05, 0.1) is 23.4 Å². The predicted octanol–water partition coefficient (Wildman–Crippen LogP) is 3.84. The van der Waals surface area contributed by atoms with Crippen molar-refractivity contribution in [2.75, 3.05) is 13.2 Å². The zero-order valence-electron chi connectivity index (χ0n) is 17.9. The van der Waals surface area contributed by atoms with E-state index in [1.165, 1.54) is 0 Å².